The Labute approximate surface area is 170 Å². The van der Waals surface area contributed by atoms with E-state index in [0.29, 0.717) is 5.88 Å². The quantitative estimate of drug-likeness (QED) is 0.525. The summed E-state index contributed by atoms with van der Waals surface area (Å²) in [5.74, 6) is 1.39. The standard InChI is InChI=1S/C21H17N3O2S2/c25-28-11-22-16-10-13(6-8-19(16)28)21-24-15-9-12(5-7-18(15)27-21)20-23-14-3-1-2-4-17(14)26-20/h1-10,20-24H,11H2. The molecule has 140 valence electrons. The van der Waals surface area contributed by atoms with Gasteiger partial charge in [0.2, 0.25) is 0 Å². The summed E-state index contributed by atoms with van der Waals surface area (Å²) in [4.78, 5) is 2.12. The maximum atomic E-state index is 11.9. The Morgan fingerprint density at radius 3 is 2.71 bits per heavy atom. The monoisotopic (exact) mass is 407 g/mol. The van der Waals surface area contributed by atoms with Gasteiger partial charge in [0.25, 0.3) is 0 Å². The normalized spacial score (nSPS) is 23.7. The summed E-state index contributed by atoms with van der Waals surface area (Å²) in [5, 5.41) is 10.4. The first-order valence-corrected chi connectivity index (χ1v) is 11.3. The molecule has 0 aromatic heterocycles. The summed E-state index contributed by atoms with van der Waals surface area (Å²) in [5.41, 5.74) is 5.39. The zero-order chi connectivity index (χ0) is 18.7. The molecular formula is C21H17N3O2S2. The lowest BCUT2D eigenvalue weighted by Gasteiger charge is -2.13. The van der Waals surface area contributed by atoms with E-state index < -0.39 is 11.2 Å². The van der Waals surface area contributed by atoms with E-state index in [9.17, 15) is 4.55 Å². The minimum Gasteiger partial charge on any atom is -0.610 e. The van der Waals surface area contributed by atoms with Crippen LogP contribution in [-0.4, -0.2) is 10.4 Å². The molecule has 5 nitrogen and oxygen atoms in total. The predicted molar refractivity (Wildman–Crippen MR) is 113 cm³/mol. The molecule has 0 radical (unpaired) electrons. The molecule has 3 aliphatic heterocycles. The van der Waals surface area contributed by atoms with Gasteiger partial charge in [-0.15, -0.1) is 0 Å². The SMILES string of the molecule is [O-][S+]1CNc2cc(C3Nc4cc(C5Nc6ccccc6O5)ccc4S3)ccc21. The fourth-order valence-electron chi connectivity index (χ4n) is 3.78. The number of thioether (sulfide) groups is 1. The van der Waals surface area contributed by atoms with Gasteiger partial charge >= 0.3 is 0 Å². The van der Waals surface area contributed by atoms with Crippen molar-refractivity contribution in [3.05, 3.63) is 71.8 Å². The van der Waals surface area contributed by atoms with Crippen LogP contribution in [0.25, 0.3) is 0 Å². The highest BCUT2D eigenvalue weighted by molar-refractivity contribution is 8.00. The van der Waals surface area contributed by atoms with E-state index in [1.165, 1.54) is 10.5 Å². The maximum Gasteiger partial charge on any atom is 0.196 e. The van der Waals surface area contributed by atoms with E-state index in [-0.39, 0.29) is 11.6 Å². The van der Waals surface area contributed by atoms with Crippen LogP contribution in [0.3, 0.4) is 0 Å². The van der Waals surface area contributed by atoms with Gasteiger partial charge < -0.3 is 25.2 Å². The molecule has 3 atom stereocenters. The summed E-state index contributed by atoms with van der Waals surface area (Å²) in [6.07, 6.45) is -0.173. The third-order valence-electron chi connectivity index (χ3n) is 5.20. The second-order valence-electron chi connectivity index (χ2n) is 6.96. The molecule has 0 saturated heterocycles. The minimum atomic E-state index is -0.928. The van der Waals surface area contributed by atoms with Crippen LogP contribution in [0, 0.1) is 0 Å². The molecule has 0 amide bonds. The summed E-state index contributed by atoms with van der Waals surface area (Å²) in [7, 11) is 0. The van der Waals surface area contributed by atoms with Crippen LogP contribution in [-0.2, 0) is 11.2 Å². The van der Waals surface area contributed by atoms with Crippen molar-refractivity contribution in [2.45, 2.75) is 21.4 Å². The van der Waals surface area contributed by atoms with Crippen molar-refractivity contribution in [2.24, 2.45) is 0 Å². The van der Waals surface area contributed by atoms with E-state index in [1.54, 1.807) is 11.8 Å². The van der Waals surface area contributed by atoms with Crippen LogP contribution in [0.2, 0.25) is 0 Å². The fraction of sp³-hybridized carbons (Fsp3) is 0.143. The molecule has 3 N–H and O–H groups in total. The molecule has 7 heteroatoms. The number of hydrogen-bond acceptors (Lipinski definition) is 6. The molecule has 3 aromatic carbocycles. The lowest BCUT2D eigenvalue weighted by molar-refractivity contribution is 0.260. The fourth-order valence-corrected chi connectivity index (χ4v) is 5.93. The van der Waals surface area contributed by atoms with Gasteiger partial charge in [-0.05, 0) is 42.0 Å². The Kier molecular flexibility index (Phi) is 3.69. The lowest BCUT2D eigenvalue weighted by atomic mass is 10.1. The Morgan fingerprint density at radius 2 is 1.79 bits per heavy atom. The van der Waals surface area contributed by atoms with E-state index in [2.05, 4.69) is 46.3 Å². The molecule has 0 spiro atoms. The lowest BCUT2D eigenvalue weighted by Crippen LogP contribution is -2.10. The van der Waals surface area contributed by atoms with Crippen LogP contribution in [0.1, 0.15) is 22.7 Å². The van der Waals surface area contributed by atoms with Crippen molar-refractivity contribution in [1.82, 2.24) is 0 Å². The van der Waals surface area contributed by atoms with Gasteiger partial charge in [0.05, 0.1) is 11.4 Å². The van der Waals surface area contributed by atoms with Crippen LogP contribution in [0.15, 0.2) is 70.5 Å². The first-order chi connectivity index (χ1) is 13.7. The van der Waals surface area contributed by atoms with Gasteiger partial charge in [0.1, 0.15) is 11.1 Å². The van der Waals surface area contributed by atoms with Gasteiger partial charge in [0, 0.05) is 27.3 Å². The van der Waals surface area contributed by atoms with Crippen molar-refractivity contribution in [2.75, 3.05) is 21.8 Å². The van der Waals surface area contributed by atoms with Gasteiger partial charge in [-0.1, -0.05) is 36.0 Å². The van der Waals surface area contributed by atoms with Crippen LogP contribution in [0.4, 0.5) is 17.1 Å². The number of benzene rings is 3. The molecule has 3 aliphatic rings. The Hall–Kier alpha value is -2.48. The van der Waals surface area contributed by atoms with Crippen molar-refractivity contribution in [3.8, 4) is 5.75 Å². The number of fused-ring (bicyclic) bond motifs is 3. The number of nitrogens with one attached hydrogen (secondary N) is 3. The highest BCUT2D eigenvalue weighted by Gasteiger charge is 2.29. The Balaban J connectivity index is 1.24. The zero-order valence-corrected chi connectivity index (χ0v) is 16.4. The second-order valence-corrected chi connectivity index (χ2v) is 9.52. The van der Waals surface area contributed by atoms with Crippen molar-refractivity contribution in [3.63, 3.8) is 0 Å². The van der Waals surface area contributed by atoms with E-state index in [4.69, 9.17) is 4.74 Å². The van der Waals surface area contributed by atoms with Crippen molar-refractivity contribution in [1.29, 1.82) is 0 Å². The third kappa shape index (κ3) is 2.62. The minimum absolute atomic E-state index is 0.140. The van der Waals surface area contributed by atoms with Crippen LogP contribution in [0.5, 0.6) is 5.75 Å². The summed E-state index contributed by atoms with van der Waals surface area (Å²) in [6.45, 7) is 0. The molecule has 6 rings (SSSR count). The average molecular weight is 408 g/mol. The first-order valence-electron chi connectivity index (χ1n) is 9.10. The molecule has 3 heterocycles. The zero-order valence-electron chi connectivity index (χ0n) is 14.8. The third-order valence-corrected chi connectivity index (χ3v) is 7.69. The van der Waals surface area contributed by atoms with Crippen molar-refractivity contribution < 1.29 is 9.29 Å². The Morgan fingerprint density at radius 1 is 0.929 bits per heavy atom. The Bertz CT molecular complexity index is 1070. The molecule has 28 heavy (non-hydrogen) atoms. The van der Waals surface area contributed by atoms with Gasteiger partial charge in [-0.25, -0.2) is 0 Å². The van der Waals surface area contributed by atoms with E-state index in [0.717, 1.165) is 33.3 Å². The summed E-state index contributed by atoms with van der Waals surface area (Å²) < 4.78 is 18.0. The van der Waals surface area contributed by atoms with Crippen molar-refractivity contribution >= 4 is 40.0 Å². The number of rotatable bonds is 2. The average Bonchev–Trinajstić information content (AvgIpc) is 3.43. The molecular weight excluding hydrogens is 390 g/mol. The number of para-hydroxylation sites is 2. The van der Waals surface area contributed by atoms with Gasteiger partial charge in [-0.3, -0.25) is 0 Å². The first kappa shape index (κ1) is 16.5. The van der Waals surface area contributed by atoms with Gasteiger partial charge in [-0.2, -0.15) is 0 Å². The van der Waals surface area contributed by atoms with Crippen LogP contribution >= 0.6 is 11.8 Å². The molecule has 0 fully saturated rings. The van der Waals surface area contributed by atoms with Crippen LogP contribution < -0.4 is 20.7 Å². The summed E-state index contributed by atoms with van der Waals surface area (Å²) >= 11 is 0.870. The molecule has 0 aliphatic carbocycles. The van der Waals surface area contributed by atoms with E-state index in [1.807, 2.05) is 30.3 Å². The molecule has 3 aromatic rings. The molecule has 3 unspecified atom stereocenters. The predicted octanol–water partition coefficient (Wildman–Crippen LogP) is 4.90. The maximum absolute atomic E-state index is 11.9. The van der Waals surface area contributed by atoms with E-state index >= 15 is 0 Å². The number of ether oxygens (including phenoxy) is 1. The topological polar surface area (TPSA) is 68.4 Å². The molecule has 0 bridgehead atoms. The smallest absolute Gasteiger partial charge is 0.196 e. The molecule has 0 saturated carbocycles. The summed E-state index contributed by atoms with van der Waals surface area (Å²) in [6, 6.07) is 20.6. The highest BCUT2D eigenvalue weighted by Crippen LogP contribution is 2.49. The largest absolute Gasteiger partial charge is 0.610 e. The second kappa shape index (κ2) is 6.27. The number of hydrogen-bond donors (Lipinski definition) is 3. The van der Waals surface area contributed by atoms with Gasteiger partial charge in [0.15, 0.2) is 17.0 Å². The highest BCUT2D eigenvalue weighted by atomic mass is 32.2. The number of anilines is 3.